The number of carboxylic acid groups (broad SMARTS) is 1. The Kier molecular flexibility index (Phi) is 4.69. The summed E-state index contributed by atoms with van der Waals surface area (Å²) in [7, 11) is 0. The van der Waals surface area contributed by atoms with Gasteiger partial charge in [0.25, 0.3) is 0 Å². The minimum Gasteiger partial charge on any atom is -0.478 e. The van der Waals surface area contributed by atoms with Crippen molar-refractivity contribution in [2.45, 2.75) is 26.7 Å². The van der Waals surface area contributed by atoms with Crippen LogP contribution in [-0.2, 0) is 0 Å². The van der Waals surface area contributed by atoms with E-state index in [0.717, 1.165) is 5.69 Å². The molecular weight excluding hydrogens is 218 g/mol. The van der Waals surface area contributed by atoms with Crippen molar-refractivity contribution in [3.8, 4) is 5.88 Å². The molecule has 0 bridgehead atoms. The average Bonchev–Trinajstić information content (AvgIpc) is 2.29. The van der Waals surface area contributed by atoms with Crippen LogP contribution in [-0.4, -0.2) is 22.7 Å². The van der Waals surface area contributed by atoms with E-state index in [1.807, 2.05) is 32.9 Å². The van der Waals surface area contributed by atoms with Gasteiger partial charge in [-0.2, -0.15) is 0 Å². The number of aromatic carboxylic acids is 1. The van der Waals surface area contributed by atoms with E-state index in [2.05, 4.69) is 4.98 Å². The minimum atomic E-state index is -0.967. The lowest BCUT2D eigenvalue weighted by Gasteiger charge is -2.09. The number of ether oxygens (including phenoxy) is 1. The highest BCUT2D eigenvalue weighted by Crippen LogP contribution is 2.19. The number of pyridine rings is 1. The van der Waals surface area contributed by atoms with Gasteiger partial charge in [0.2, 0.25) is 5.88 Å². The smallest absolute Gasteiger partial charge is 0.335 e. The molecule has 1 heterocycles. The Morgan fingerprint density at radius 3 is 2.76 bits per heavy atom. The van der Waals surface area contributed by atoms with E-state index < -0.39 is 5.97 Å². The molecule has 0 aliphatic rings. The summed E-state index contributed by atoms with van der Waals surface area (Å²) in [5.41, 5.74) is 0.930. The van der Waals surface area contributed by atoms with Crippen LogP contribution in [0.15, 0.2) is 24.3 Å². The highest BCUT2D eigenvalue weighted by Gasteiger charge is 2.11. The third kappa shape index (κ3) is 3.90. The van der Waals surface area contributed by atoms with Gasteiger partial charge in [0.1, 0.15) is 6.61 Å². The van der Waals surface area contributed by atoms with Crippen molar-refractivity contribution in [1.29, 1.82) is 0 Å². The molecule has 92 valence electrons. The first-order valence-corrected chi connectivity index (χ1v) is 5.53. The number of carbonyl (C=O) groups is 1. The Morgan fingerprint density at radius 2 is 2.24 bits per heavy atom. The number of hydrogen-bond acceptors (Lipinski definition) is 3. The van der Waals surface area contributed by atoms with Crippen molar-refractivity contribution in [1.82, 2.24) is 4.98 Å². The summed E-state index contributed by atoms with van der Waals surface area (Å²) >= 11 is 0. The van der Waals surface area contributed by atoms with Gasteiger partial charge in [-0.1, -0.05) is 26.0 Å². The topological polar surface area (TPSA) is 59.4 Å². The fourth-order valence-corrected chi connectivity index (χ4v) is 1.25. The monoisotopic (exact) mass is 235 g/mol. The molecule has 1 aromatic rings. The number of hydrogen-bond donors (Lipinski definition) is 1. The third-order valence-corrected chi connectivity index (χ3v) is 2.22. The summed E-state index contributed by atoms with van der Waals surface area (Å²) in [6.45, 7) is 6.21. The van der Waals surface area contributed by atoms with Gasteiger partial charge in [-0.25, -0.2) is 9.78 Å². The van der Waals surface area contributed by atoms with Crippen LogP contribution in [0, 0.1) is 0 Å². The zero-order valence-corrected chi connectivity index (χ0v) is 10.3. The molecular formula is C13H17NO3. The molecule has 0 amide bonds. The standard InChI is InChI=1S/C13H17NO3/c1-4-5-6-17-12-8-10(13(15)16)7-11(14-12)9(2)3/h4-5,7-9H,6H2,1-3H3,(H,15,16)/b5-4+. The van der Waals surface area contributed by atoms with Gasteiger partial charge < -0.3 is 9.84 Å². The summed E-state index contributed by atoms with van der Waals surface area (Å²) < 4.78 is 5.37. The van der Waals surface area contributed by atoms with Gasteiger partial charge in [0, 0.05) is 11.8 Å². The molecule has 0 radical (unpaired) electrons. The molecule has 0 spiro atoms. The number of aromatic nitrogens is 1. The summed E-state index contributed by atoms with van der Waals surface area (Å²) in [6, 6.07) is 3.02. The lowest BCUT2D eigenvalue weighted by molar-refractivity contribution is 0.0696. The van der Waals surface area contributed by atoms with Gasteiger partial charge in [-0.15, -0.1) is 0 Å². The van der Waals surface area contributed by atoms with Crippen LogP contribution in [0.1, 0.15) is 42.7 Å². The Bertz CT molecular complexity index is 425. The molecule has 17 heavy (non-hydrogen) atoms. The molecule has 0 unspecified atom stereocenters. The van der Waals surface area contributed by atoms with Crippen LogP contribution in [0.5, 0.6) is 5.88 Å². The molecule has 0 aromatic carbocycles. The highest BCUT2D eigenvalue weighted by atomic mass is 16.5. The number of rotatable bonds is 5. The number of carboxylic acids is 1. The van der Waals surface area contributed by atoms with E-state index in [4.69, 9.17) is 9.84 Å². The maximum Gasteiger partial charge on any atom is 0.335 e. The molecule has 4 heteroatoms. The largest absolute Gasteiger partial charge is 0.478 e. The molecule has 0 saturated heterocycles. The van der Waals surface area contributed by atoms with Gasteiger partial charge in [0.15, 0.2) is 0 Å². The van der Waals surface area contributed by atoms with Crippen molar-refractivity contribution in [2.75, 3.05) is 6.61 Å². The highest BCUT2D eigenvalue weighted by molar-refractivity contribution is 5.88. The predicted octanol–water partition coefficient (Wildman–Crippen LogP) is 2.86. The van der Waals surface area contributed by atoms with E-state index >= 15 is 0 Å². The minimum absolute atomic E-state index is 0.165. The number of nitrogens with zero attached hydrogens (tertiary/aromatic N) is 1. The first kappa shape index (κ1) is 13.2. The molecule has 4 nitrogen and oxygen atoms in total. The van der Waals surface area contributed by atoms with Crippen LogP contribution in [0.3, 0.4) is 0 Å². The SMILES string of the molecule is C/C=C/COc1cc(C(=O)O)cc(C(C)C)n1. The van der Waals surface area contributed by atoms with E-state index in [1.165, 1.54) is 6.07 Å². The van der Waals surface area contributed by atoms with Crippen molar-refractivity contribution >= 4 is 5.97 Å². The van der Waals surface area contributed by atoms with Gasteiger partial charge in [-0.3, -0.25) is 0 Å². The first-order valence-electron chi connectivity index (χ1n) is 5.53. The van der Waals surface area contributed by atoms with E-state index in [0.29, 0.717) is 12.5 Å². The quantitative estimate of drug-likeness (QED) is 0.797. The molecule has 0 aliphatic heterocycles. The fourth-order valence-electron chi connectivity index (χ4n) is 1.25. The van der Waals surface area contributed by atoms with Crippen LogP contribution in [0.25, 0.3) is 0 Å². The van der Waals surface area contributed by atoms with E-state index in [9.17, 15) is 4.79 Å². The van der Waals surface area contributed by atoms with Gasteiger partial charge in [-0.05, 0) is 18.9 Å². The summed E-state index contributed by atoms with van der Waals surface area (Å²) in [4.78, 5) is 15.2. The van der Waals surface area contributed by atoms with Crippen LogP contribution >= 0.6 is 0 Å². The first-order chi connectivity index (χ1) is 8.04. The molecule has 0 fully saturated rings. The zero-order chi connectivity index (χ0) is 12.8. The van der Waals surface area contributed by atoms with E-state index in [1.54, 1.807) is 6.07 Å². The molecule has 0 aliphatic carbocycles. The second-order valence-corrected chi connectivity index (χ2v) is 3.96. The van der Waals surface area contributed by atoms with Crippen molar-refractivity contribution in [3.05, 3.63) is 35.5 Å². The zero-order valence-electron chi connectivity index (χ0n) is 10.3. The summed E-state index contributed by atoms with van der Waals surface area (Å²) in [5.74, 6) is -0.449. The maximum absolute atomic E-state index is 11.0. The lowest BCUT2D eigenvalue weighted by atomic mass is 10.1. The Morgan fingerprint density at radius 1 is 1.53 bits per heavy atom. The molecule has 1 rings (SSSR count). The van der Waals surface area contributed by atoms with Crippen molar-refractivity contribution in [2.24, 2.45) is 0 Å². The summed E-state index contributed by atoms with van der Waals surface area (Å²) in [5, 5.41) is 8.99. The second-order valence-electron chi connectivity index (χ2n) is 3.96. The summed E-state index contributed by atoms with van der Waals surface area (Å²) in [6.07, 6.45) is 3.70. The van der Waals surface area contributed by atoms with E-state index in [-0.39, 0.29) is 11.5 Å². The Balaban J connectivity index is 2.99. The van der Waals surface area contributed by atoms with Crippen molar-refractivity contribution < 1.29 is 14.6 Å². The van der Waals surface area contributed by atoms with Crippen LogP contribution in [0.2, 0.25) is 0 Å². The molecule has 0 saturated carbocycles. The molecule has 1 N–H and O–H groups in total. The fraction of sp³-hybridized carbons (Fsp3) is 0.385. The molecule has 0 atom stereocenters. The van der Waals surface area contributed by atoms with Gasteiger partial charge >= 0.3 is 5.97 Å². The Labute approximate surface area is 101 Å². The number of allylic oxidation sites excluding steroid dienone is 1. The maximum atomic E-state index is 11.0. The predicted molar refractivity (Wildman–Crippen MR) is 65.6 cm³/mol. The van der Waals surface area contributed by atoms with Crippen LogP contribution < -0.4 is 4.74 Å². The van der Waals surface area contributed by atoms with Gasteiger partial charge in [0.05, 0.1) is 5.56 Å². The lowest BCUT2D eigenvalue weighted by Crippen LogP contribution is -2.05. The van der Waals surface area contributed by atoms with Crippen LogP contribution in [0.4, 0.5) is 0 Å². The second kappa shape index (κ2) is 6.03. The molecule has 1 aromatic heterocycles. The Hall–Kier alpha value is -1.84. The normalized spacial score (nSPS) is 11.1. The van der Waals surface area contributed by atoms with Crippen molar-refractivity contribution in [3.63, 3.8) is 0 Å². The third-order valence-electron chi connectivity index (χ3n) is 2.22. The average molecular weight is 235 g/mol.